The zero-order valence-electron chi connectivity index (χ0n) is 7.28. The highest BCUT2D eigenvalue weighted by molar-refractivity contribution is 7.97. The smallest absolute Gasteiger partial charge is 0.175 e. The summed E-state index contributed by atoms with van der Waals surface area (Å²) in [5.41, 5.74) is 1.73. The normalized spacial score (nSPS) is 10.8. The molecule has 68 valence electrons. The van der Waals surface area contributed by atoms with Gasteiger partial charge in [-0.25, -0.2) is 0 Å². The Morgan fingerprint density at radius 1 is 1.46 bits per heavy atom. The Morgan fingerprint density at radius 2 is 2.31 bits per heavy atom. The summed E-state index contributed by atoms with van der Waals surface area (Å²) in [6, 6.07) is 5.43. The van der Waals surface area contributed by atoms with E-state index in [1.165, 1.54) is 0 Å². The molecule has 1 aromatic carbocycles. The van der Waals surface area contributed by atoms with Gasteiger partial charge in [0.2, 0.25) is 0 Å². The van der Waals surface area contributed by atoms with E-state index in [4.69, 9.17) is 4.42 Å². The van der Waals surface area contributed by atoms with Gasteiger partial charge in [0.05, 0.1) is 6.26 Å². The highest BCUT2D eigenvalue weighted by Crippen LogP contribution is 2.30. The molecule has 1 N–H and O–H groups in total. The monoisotopic (exact) mass is 194 g/mol. The minimum absolute atomic E-state index is 0.213. The topological polar surface area (TPSA) is 33.4 Å². The highest BCUT2D eigenvalue weighted by atomic mass is 32.2. The van der Waals surface area contributed by atoms with E-state index in [-0.39, 0.29) is 5.75 Å². The Balaban J connectivity index is 2.61. The summed E-state index contributed by atoms with van der Waals surface area (Å²) in [4.78, 5) is 0. The molecule has 0 aliphatic carbocycles. The van der Waals surface area contributed by atoms with E-state index in [0.717, 1.165) is 16.7 Å². The zero-order valence-corrected chi connectivity index (χ0v) is 8.10. The van der Waals surface area contributed by atoms with Crippen LogP contribution in [0.2, 0.25) is 0 Å². The van der Waals surface area contributed by atoms with Gasteiger partial charge in [-0.2, -0.15) is 11.8 Å². The van der Waals surface area contributed by atoms with Crippen molar-refractivity contribution in [3.05, 3.63) is 30.0 Å². The summed E-state index contributed by atoms with van der Waals surface area (Å²) < 4.78 is 5.27. The number of fused-ring (bicyclic) bond motifs is 1. The first-order valence-electron chi connectivity index (χ1n) is 4.00. The third-order valence-electron chi connectivity index (χ3n) is 1.96. The number of hydrogen-bond acceptors (Lipinski definition) is 3. The van der Waals surface area contributed by atoms with Crippen LogP contribution >= 0.6 is 11.8 Å². The van der Waals surface area contributed by atoms with Gasteiger partial charge in [0.25, 0.3) is 0 Å². The first-order chi connectivity index (χ1) is 6.33. The van der Waals surface area contributed by atoms with E-state index in [2.05, 4.69) is 0 Å². The molecule has 0 amide bonds. The largest absolute Gasteiger partial charge is 0.504 e. The Labute approximate surface area is 80.6 Å². The minimum atomic E-state index is 0.213. The van der Waals surface area contributed by atoms with Crippen LogP contribution in [0.1, 0.15) is 5.56 Å². The molecule has 0 atom stereocenters. The Hall–Kier alpha value is -1.09. The van der Waals surface area contributed by atoms with Crippen LogP contribution < -0.4 is 0 Å². The van der Waals surface area contributed by atoms with Crippen molar-refractivity contribution in [1.29, 1.82) is 0 Å². The maximum absolute atomic E-state index is 9.45. The van der Waals surface area contributed by atoms with Crippen molar-refractivity contribution < 1.29 is 9.52 Å². The quantitative estimate of drug-likeness (QED) is 0.797. The molecule has 0 bridgehead atoms. The van der Waals surface area contributed by atoms with Gasteiger partial charge in [-0.05, 0) is 12.3 Å². The van der Waals surface area contributed by atoms with Gasteiger partial charge >= 0.3 is 0 Å². The molecule has 2 aromatic rings. The first kappa shape index (κ1) is 8.51. The fraction of sp³-hybridized carbons (Fsp3) is 0.200. The maximum atomic E-state index is 9.45. The molecule has 0 aliphatic rings. The predicted octanol–water partition coefficient (Wildman–Crippen LogP) is 3.00. The van der Waals surface area contributed by atoms with E-state index in [9.17, 15) is 5.11 Å². The summed E-state index contributed by atoms with van der Waals surface area (Å²) in [6.45, 7) is 0. The molecule has 0 fully saturated rings. The van der Waals surface area contributed by atoms with Crippen molar-refractivity contribution in [2.75, 3.05) is 6.26 Å². The lowest BCUT2D eigenvalue weighted by atomic mass is 10.2. The number of phenols is 1. The van der Waals surface area contributed by atoms with Crippen LogP contribution in [0, 0.1) is 0 Å². The molecule has 3 heteroatoms. The van der Waals surface area contributed by atoms with Crippen molar-refractivity contribution in [3.8, 4) is 5.75 Å². The van der Waals surface area contributed by atoms with Gasteiger partial charge in [-0.1, -0.05) is 12.1 Å². The second-order valence-corrected chi connectivity index (χ2v) is 3.71. The number of rotatable bonds is 2. The second kappa shape index (κ2) is 3.34. The van der Waals surface area contributed by atoms with Crippen LogP contribution in [-0.2, 0) is 5.75 Å². The van der Waals surface area contributed by atoms with Crippen LogP contribution in [0.3, 0.4) is 0 Å². The third-order valence-corrected chi connectivity index (χ3v) is 2.56. The number of aromatic hydroxyl groups is 1. The molecule has 2 nitrogen and oxygen atoms in total. The van der Waals surface area contributed by atoms with Gasteiger partial charge in [0, 0.05) is 16.7 Å². The molecule has 0 aliphatic heterocycles. The molecule has 1 aromatic heterocycles. The Kier molecular flexibility index (Phi) is 2.19. The van der Waals surface area contributed by atoms with E-state index in [1.54, 1.807) is 24.1 Å². The standard InChI is InChI=1S/C10H10O2S/c1-13-6-7-5-12-10-8(7)3-2-4-9(10)11/h2-5,11H,6H2,1H3. The molecular formula is C10H10O2S. The predicted molar refractivity (Wildman–Crippen MR) is 55.1 cm³/mol. The number of furan rings is 1. The van der Waals surface area contributed by atoms with Crippen molar-refractivity contribution in [2.24, 2.45) is 0 Å². The molecule has 0 radical (unpaired) electrons. The molecule has 0 spiro atoms. The fourth-order valence-corrected chi connectivity index (χ4v) is 1.90. The summed E-state index contributed by atoms with van der Waals surface area (Å²) in [7, 11) is 0. The molecule has 2 rings (SSSR count). The fourth-order valence-electron chi connectivity index (χ4n) is 1.36. The lowest BCUT2D eigenvalue weighted by Crippen LogP contribution is -1.75. The minimum Gasteiger partial charge on any atom is -0.504 e. The van der Waals surface area contributed by atoms with Crippen LogP contribution in [0.4, 0.5) is 0 Å². The number of phenolic OH excluding ortho intramolecular Hbond substituents is 1. The van der Waals surface area contributed by atoms with Crippen LogP contribution in [0.5, 0.6) is 5.75 Å². The second-order valence-electron chi connectivity index (χ2n) is 2.85. The van der Waals surface area contributed by atoms with Gasteiger partial charge in [-0.15, -0.1) is 0 Å². The number of para-hydroxylation sites is 1. The molecule has 0 saturated carbocycles. The van der Waals surface area contributed by atoms with Gasteiger partial charge in [0.1, 0.15) is 0 Å². The van der Waals surface area contributed by atoms with E-state index in [1.807, 2.05) is 18.4 Å². The van der Waals surface area contributed by atoms with Gasteiger partial charge in [-0.3, -0.25) is 0 Å². The van der Waals surface area contributed by atoms with Crippen LogP contribution in [-0.4, -0.2) is 11.4 Å². The highest BCUT2D eigenvalue weighted by Gasteiger charge is 2.07. The van der Waals surface area contributed by atoms with Gasteiger partial charge < -0.3 is 9.52 Å². The third kappa shape index (κ3) is 1.40. The summed E-state index contributed by atoms with van der Waals surface area (Å²) in [6.07, 6.45) is 3.75. The molecular weight excluding hydrogens is 184 g/mol. The summed E-state index contributed by atoms with van der Waals surface area (Å²) in [5, 5.41) is 10.5. The average molecular weight is 194 g/mol. The van der Waals surface area contributed by atoms with Crippen molar-refractivity contribution in [3.63, 3.8) is 0 Å². The summed E-state index contributed by atoms with van der Waals surface area (Å²) in [5.74, 6) is 1.13. The van der Waals surface area contributed by atoms with Crippen LogP contribution in [0.15, 0.2) is 28.9 Å². The average Bonchev–Trinajstić information content (AvgIpc) is 2.51. The first-order valence-corrected chi connectivity index (χ1v) is 5.39. The van der Waals surface area contributed by atoms with E-state index in [0.29, 0.717) is 5.58 Å². The van der Waals surface area contributed by atoms with E-state index < -0.39 is 0 Å². The molecule has 1 heterocycles. The van der Waals surface area contributed by atoms with Crippen LogP contribution in [0.25, 0.3) is 11.0 Å². The molecule has 0 saturated heterocycles. The van der Waals surface area contributed by atoms with Crippen molar-refractivity contribution in [1.82, 2.24) is 0 Å². The molecule has 0 unspecified atom stereocenters. The molecule has 13 heavy (non-hydrogen) atoms. The zero-order chi connectivity index (χ0) is 9.26. The summed E-state index contributed by atoms with van der Waals surface area (Å²) >= 11 is 1.74. The number of hydrogen-bond donors (Lipinski definition) is 1. The number of benzene rings is 1. The Bertz CT molecular complexity index is 420. The van der Waals surface area contributed by atoms with Crippen molar-refractivity contribution in [2.45, 2.75) is 5.75 Å². The van der Waals surface area contributed by atoms with Gasteiger partial charge in [0.15, 0.2) is 11.3 Å². The van der Waals surface area contributed by atoms with E-state index >= 15 is 0 Å². The van der Waals surface area contributed by atoms with Crippen molar-refractivity contribution >= 4 is 22.7 Å². The lowest BCUT2D eigenvalue weighted by molar-refractivity contribution is 0.465. The SMILES string of the molecule is CSCc1coc2c(O)cccc12. The Morgan fingerprint density at radius 3 is 3.08 bits per heavy atom. The lowest BCUT2D eigenvalue weighted by Gasteiger charge is -1.94. The number of thioether (sulfide) groups is 1. The maximum Gasteiger partial charge on any atom is 0.175 e.